The minimum absolute atomic E-state index is 0.0664. The van der Waals surface area contributed by atoms with Crippen molar-refractivity contribution in [3.63, 3.8) is 0 Å². The topological polar surface area (TPSA) is 93.5 Å². The average molecular weight is 317 g/mol. The van der Waals surface area contributed by atoms with Gasteiger partial charge in [0.15, 0.2) is 0 Å². The fourth-order valence-corrected chi connectivity index (χ4v) is 2.64. The van der Waals surface area contributed by atoms with Crippen LogP contribution in [0.2, 0.25) is 0 Å². The van der Waals surface area contributed by atoms with Crippen LogP contribution in [0.3, 0.4) is 0 Å². The number of hydrogen-bond acceptors (Lipinski definition) is 6. The van der Waals surface area contributed by atoms with Crippen molar-refractivity contribution >= 4 is 16.4 Å². The second kappa shape index (κ2) is 6.28. The van der Waals surface area contributed by atoms with E-state index in [1.54, 1.807) is 0 Å². The summed E-state index contributed by atoms with van der Waals surface area (Å²) in [5.41, 5.74) is 0.281. The number of nitriles is 1. The van der Waals surface area contributed by atoms with E-state index in [9.17, 15) is 13.2 Å². The number of ether oxygens (including phenoxy) is 1. The molecule has 0 bridgehead atoms. The molecule has 0 N–H and O–H groups in total. The van der Waals surface area contributed by atoms with E-state index in [0.717, 1.165) is 0 Å². The maximum absolute atomic E-state index is 12.2. The van der Waals surface area contributed by atoms with Crippen molar-refractivity contribution in [1.82, 2.24) is 0 Å². The minimum atomic E-state index is -4.07. The van der Waals surface area contributed by atoms with Crippen LogP contribution in [-0.4, -0.2) is 21.8 Å². The fraction of sp³-hybridized carbons (Fsp3) is 0.0667. The van der Waals surface area contributed by atoms with Crippen molar-refractivity contribution in [3.05, 3.63) is 53.6 Å². The molecule has 0 spiro atoms. The molecule has 2 rings (SSSR count). The number of carbonyl (C=O) groups excluding carboxylic acids is 1. The Bertz CT molecular complexity index is 835. The van der Waals surface area contributed by atoms with E-state index in [1.165, 1.54) is 49.6 Å². The summed E-state index contributed by atoms with van der Waals surface area (Å²) in [4.78, 5) is 10.7. The zero-order valence-electron chi connectivity index (χ0n) is 11.5. The Morgan fingerprint density at radius 2 is 1.77 bits per heavy atom. The van der Waals surface area contributed by atoms with Gasteiger partial charge in [0.05, 0.1) is 18.7 Å². The lowest BCUT2D eigenvalue weighted by atomic mass is 10.1. The van der Waals surface area contributed by atoms with E-state index in [2.05, 4.69) is 0 Å². The number of carbonyl (C=O) groups is 1. The van der Waals surface area contributed by atoms with Gasteiger partial charge in [-0.15, -0.1) is 0 Å². The highest BCUT2D eigenvalue weighted by Crippen LogP contribution is 2.22. The van der Waals surface area contributed by atoms with Crippen LogP contribution in [0.1, 0.15) is 15.9 Å². The standard InChI is InChI=1S/C15H11NO5S/c1-20-13-2-4-15(5-3-13)22(18,19)21-14-7-11(9-16)6-12(8-14)10-17/h2-8,10H,1H3. The Morgan fingerprint density at radius 3 is 2.32 bits per heavy atom. The number of benzene rings is 2. The Hall–Kier alpha value is -2.85. The van der Waals surface area contributed by atoms with Crippen LogP contribution >= 0.6 is 0 Å². The van der Waals surface area contributed by atoms with Crippen molar-refractivity contribution in [1.29, 1.82) is 5.26 Å². The molecule has 0 aromatic heterocycles. The van der Waals surface area contributed by atoms with Gasteiger partial charge in [-0.1, -0.05) is 0 Å². The summed E-state index contributed by atoms with van der Waals surface area (Å²) in [5.74, 6) is 0.408. The van der Waals surface area contributed by atoms with Gasteiger partial charge in [-0.3, -0.25) is 4.79 Å². The Labute approximate surface area is 127 Å². The zero-order chi connectivity index (χ0) is 16.2. The molecule has 0 unspecified atom stereocenters. The highest BCUT2D eigenvalue weighted by molar-refractivity contribution is 7.87. The highest BCUT2D eigenvalue weighted by Gasteiger charge is 2.17. The number of nitrogens with zero attached hydrogens (tertiary/aromatic N) is 1. The molecule has 0 aliphatic rings. The first-order valence-corrected chi connectivity index (χ1v) is 7.48. The van der Waals surface area contributed by atoms with Crippen molar-refractivity contribution in [2.45, 2.75) is 4.90 Å². The van der Waals surface area contributed by atoms with Gasteiger partial charge >= 0.3 is 10.1 Å². The van der Waals surface area contributed by atoms with Crippen molar-refractivity contribution in [2.75, 3.05) is 7.11 Å². The van der Waals surface area contributed by atoms with Crippen LogP contribution < -0.4 is 8.92 Å². The molecule has 0 fully saturated rings. The average Bonchev–Trinajstić information content (AvgIpc) is 2.54. The second-order valence-electron chi connectivity index (χ2n) is 4.23. The number of methoxy groups -OCH3 is 1. The van der Waals surface area contributed by atoms with Gasteiger partial charge in [0, 0.05) is 5.56 Å². The molecule has 6 nitrogen and oxygen atoms in total. The third-order valence-electron chi connectivity index (χ3n) is 2.75. The summed E-state index contributed by atoms with van der Waals surface area (Å²) in [7, 11) is -2.60. The van der Waals surface area contributed by atoms with Gasteiger partial charge in [-0.2, -0.15) is 13.7 Å². The molecule has 0 amide bonds. The van der Waals surface area contributed by atoms with E-state index >= 15 is 0 Å². The molecule has 0 aliphatic heterocycles. The lowest BCUT2D eigenvalue weighted by Crippen LogP contribution is -2.10. The lowest BCUT2D eigenvalue weighted by molar-refractivity contribution is 0.112. The Morgan fingerprint density at radius 1 is 1.09 bits per heavy atom. The van der Waals surface area contributed by atoms with E-state index in [-0.39, 0.29) is 21.8 Å². The molecule has 0 radical (unpaired) electrons. The van der Waals surface area contributed by atoms with E-state index < -0.39 is 10.1 Å². The predicted octanol–water partition coefficient (Wildman–Crippen LogP) is 2.15. The van der Waals surface area contributed by atoms with Gasteiger partial charge in [-0.25, -0.2) is 0 Å². The number of rotatable bonds is 5. The smallest absolute Gasteiger partial charge is 0.339 e. The fourth-order valence-electron chi connectivity index (χ4n) is 1.72. The Kier molecular flexibility index (Phi) is 4.44. The molecular formula is C15H11NO5S. The summed E-state index contributed by atoms with van der Waals surface area (Å²) in [6.07, 6.45) is 0.508. The molecule has 2 aromatic carbocycles. The van der Waals surface area contributed by atoms with Gasteiger partial charge < -0.3 is 8.92 Å². The normalized spacial score (nSPS) is 10.5. The molecule has 22 heavy (non-hydrogen) atoms. The third-order valence-corrected chi connectivity index (χ3v) is 4.01. The van der Waals surface area contributed by atoms with E-state index in [1.807, 2.05) is 6.07 Å². The molecule has 112 valence electrons. The monoisotopic (exact) mass is 317 g/mol. The van der Waals surface area contributed by atoms with Crippen LogP contribution in [-0.2, 0) is 10.1 Å². The SMILES string of the molecule is COc1ccc(S(=O)(=O)Oc2cc(C#N)cc(C=O)c2)cc1. The van der Waals surface area contributed by atoms with Gasteiger partial charge in [0.25, 0.3) is 0 Å². The van der Waals surface area contributed by atoms with Crippen LogP contribution in [0.15, 0.2) is 47.4 Å². The summed E-state index contributed by atoms with van der Waals surface area (Å²) in [6, 6.07) is 11.3. The van der Waals surface area contributed by atoms with Crippen molar-refractivity contribution in [2.24, 2.45) is 0 Å². The predicted molar refractivity (Wildman–Crippen MR) is 77.4 cm³/mol. The van der Waals surface area contributed by atoms with Gasteiger partial charge in [-0.05, 0) is 42.5 Å². The molecule has 0 saturated heterocycles. The van der Waals surface area contributed by atoms with E-state index in [0.29, 0.717) is 12.0 Å². The van der Waals surface area contributed by atoms with Gasteiger partial charge in [0.1, 0.15) is 22.7 Å². The number of hydrogen-bond donors (Lipinski definition) is 0. The van der Waals surface area contributed by atoms with Crippen LogP contribution in [0, 0.1) is 11.3 Å². The number of aldehydes is 1. The second-order valence-corrected chi connectivity index (χ2v) is 5.78. The molecular weight excluding hydrogens is 306 g/mol. The van der Waals surface area contributed by atoms with Crippen LogP contribution in [0.5, 0.6) is 11.5 Å². The summed E-state index contributed by atoms with van der Waals surface area (Å²) in [5, 5.41) is 8.87. The highest BCUT2D eigenvalue weighted by atomic mass is 32.2. The van der Waals surface area contributed by atoms with Gasteiger partial charge in [0.2, 0.25) is 0 Å². The first kappa shape index (κ1) is 15.5. The van der Waals surface area contributed by atoms with Crippen LogP contribution in [0.4, 0.5) is 0 Å². The van der Waals surface area contributed by atoms with Crippen molar-refractivity contribution < 1.29 is 22.1 Å². The quantitative estimate of drug-likeness (QED) is 0.619. The lowest BCUT2D eigenvalue weighted by Gasteiger charge is -2.08. The zero-order valence-corrected chi connectivity index (χ0v) is 12.3. The summed E-state index contributed by atoms with van der Waals surface area (Å²) < 4.78 is 34.3. The molecule has 0 atom stereocenters. The van der Waals surface area contributed by atoms with Crippen LogP contribution in [0.25, 0.3) is 0 Å². The summed E-state index contributed by atoms with van der Waals surface area (Å²) in [6.45, 7) is 0. The maximum Gasteiger partial charge on any atom is 0.339 e. The Balaban J connectivity index is 2.35. The maximum atomic E-state index is 12.2. The molecule has 7 heteroatoms. The largest absolute Gasteiger partial charge is 0.497 e. The third kappa shape index (κ3) is 3.42. The summed E-state index contributed by atoms with van der Waals surface area (Å²) >= 11 is 0. The molecule has 0 aliphatic carbocycles. The molecule has 0 saturated carbocycles. The molecule has 0 heterocycles. The first-order chi connectivity index (χ1) is 10.5. The minimum Gasteiger partial charge on any atom is -0.497 e. The first-order valence-electron chi connectivity index (χ1n) is 6.07. The molecule has 2 aromatic rings. The van der Waals surface area contributed by atoms with E-state index in [4.69, 9.17) is 14.2 Å². The van der Waals surface area contributed by atoms with Crippen molar-refractivity contribution in [3.8, 4) is 17.6 Å².